The van der Waals surface area contributed by atoms with Crippen LogP contribution in [-0.2, 0) is 4.79 Å². The van der Waals surface area contributed by atoms with Crippen molar-refractivity contribution in [1.82, 2.24) is 0 Å². The summed E-state index contributed by atoms with van der Waals surface area (Å²) < 4.78 is 10.2. The van der Waals surface area contributed by atoms with Crippen molar-refractivity contribution in [1.29, 1.82) is 0 Å². The molecule has 0 aliphatic heterocycles. The third-order valence-electron chi connectivity index (χ3n) is 2.47. The monoisotopic (exact) mass is 254 g/mol. The van der Waals surface area contributed by atoms with Crippen molar-refractivity contribution in [2.24, 2.45) is 0 Å². The van der Waals surface area contributed by atoms with Crippen molar-refractivity contribution < 1.29 is 14.3 Å². The van der Waals surface area contributed by atoms with Crippen LogP contribution < -0.4 is 9.47 Å². The van der Waals surface area contributed by atoms with Crippen LogP contribution in [0.25, 0.3) is 6.08 Å². The summed E-state index contributed by atoms with van der Waals surface area (Å²) in [5.74, 6) is 0.871. The normalized spacial score (nSPS) is 10.4. The van der Waals surface area contributed by atoms with Crippen molar-refractivity contribution in [2.45, 2.75) is 0 Å². The molecule has 0 aliphatic rings. The lowest BCUT2D eigenvalue weighted by atomic mass is 10.2. The maximum Gasteiger partial charge on any atom is 0.336 e. The lowest BCUT2D eigenvalue weighted by Crippen LogP contribution is -2.03. The first-order chi connectivity index (χ1) is 9.28. The molecule has 0 saturated carbocycles. The van der Waals surface area contributed by atoms with Gasteiger partial charge in [-0.15, -0.1) is 0 Å². The van der Waals surface area contributed by atoms with Crippen LogP contribution in [0.3, 0.4) is 0 Å². The lowest BCUT2D eigenvalue weighted by molar-refractivity contribution is -0.128. The van der Waals surface area contributed by atoms with Crippen LogP contribution >= 0.6 is 0 Å². The first-order valence-electron chi connectivity index (χ1n) is 5.87. The first kappa shape index (κ1) is 12.9. The summed E-state index contributed by atoms with van der Waals surface area (Å²) >= 11 is 0. The topological polar surface area (TPSA) is 35.5 Å². The number of rotatable bonds is 4. The summed E-state index contributed by atoms with van der Waals surface area (Å²) in [6.07, 6.45) is 3.08. The number of carbonyl (C=O) groups is 1. The van der Waals surface area contributed by atoms with Gasteiger partial charge in [-0.05, 0) is 35.9 Å². The van der Waals surface area contributed by atoms with Gasteiger partial charge in [0.05, 0.1) is 7.11 Å². The maximum atomic E-state index is 11.6. The van der Waals surface area contributed by atoms with Crippen LogP contribution in [0.5, 0.6) is 11.5 Å². The van der Waals surface area contributed by atoms with E-state index in [0.717, 1.165) is 11.3 Å². The number of hydrogen-bond donors (Lipinski definition) is 0. The molecule has 2 aromatic rings. The number of methoxy groups -OCH3 is 1. The Bertz CT molecular complexity index is 574. The van der Waals surface area contributed by atoms with Gasteiger partial charge >= 0.3 is 5.97 Å². The van der Waals surface area contributed by atoms with Crippen LogP contribution in [0.2, 0.25) is 0 Å². The number of ether oxygens (including phenoxy) is 2. The Hall–Kier alpha value is -2.55. The van der Waals surface area contributed by atoms with E-state index in [0.29, 0.717) is 5.75 Å². The molecule has 3 heteroatoms. The molecule has 0 heterocycles. The molecule has 0 N–H and O–H groups in total. The minimum Gasteiger partial charge on any atom is -0.497 e. The quantitative estimate of drug-likeness (QED) is 0.477. The molecule has 0 spiro atoms. The Labute approximate surface area is 112 Å². The smallest absolute Gasteiger partial charge is 0.336 e. The van der Waals surface area contributed by atoms with Gasteiger partial charge in [0.2, 0.25) is 0 Å². The van der Waals surface area contributed by atoms with Crippen molar-refractivity contribution in [3.63, 3.8) is 0 Å². The summed E-state index contributed by atoms with van der Waals surface area (Å²) in [6.45, 7) is 0. The van der Waals surface area contributed by atoms with E-state index in [1.807, 2.05) is 42.5 Å². The molecule has 2 aromatic carbocycles. The maximum absolute atomic E-state index is 11.6. The predicted molar refractivity (Wildman–Crippen MR) is 74.1 cm³/mol. The summed E-state index contributed by atoms with van der Waals surface area (Å²) in [5, 5.41) is 0. The van der Waals surface area contributed by atoms with Crippen molar-refractivity contribution in [2.75, 3.05) is 7.11 Å². The highest BCUT2D eigenvalue weighted by Crippen LogP contribution is 2.14. The molecule has 0 bridgehead atoms. The molecule has 0 fully saturated rings. The molecule has 2 rings (SSSR count). The lowest BCUT2D eigenvalue weighted by Gasteiger charge is -2.01. The van der Waals surface area contributed by atoms with Gasteiger partial charge in [-0.3, -0.25) is 0 Å². The minimum absolute atomic E-state index is 0.408. The van der Waals surface area contributed by atoms with Crippen molar-refractivity contribution >= 4 is 12.0 Å². The SMILES string of the molecule is COc1cccc(C=CC(=O)Oc2ccccc2)c1. The molecular weight excluding hydrogens is 240 g/mol. The average Bonchev–Trinajstić information content (AvgIpc) is 2.46. The molecule has 0 saturated heterocycles. The number of hydrogen-bond acceptors (Lipinski definition) is 3. The van der Waals surface area contributed by atoms with E-state index in [1.54, 1.807) is 25.3 Å². The zero-order valence-corrected chi connectivity index (χ0v) is 10.6. The van der Waals surface area contributed by atoms with Gasteiger partial charge in [0, 0.05) is 6.08 Å². The van der Waals surface area contributed by atoms with Gasteiger partial charge in [-0.2, -0.15) is 0 Å². The van der Waals surface area contributed by atoms with Gasteiger partial charge in [-0.25, -0.2) is 4.79 Å². The van der Waals surface area contributed by atoms with E-state index >= 15 is 0 Å². The number of benzene rings is 2. The highest BCUT2D eigenvalue weighted by Gasteiger charge is 1.99. The van der Waals surface area contributed by atoms with Crippen molar-refractivity contribution in [3.8, 4) is 11.5 Å². The van der Waals surface area contributed by atoms with E-state index < -0.39 is 5.97 Å². The van der Waals surface area contributed by atoms with Gasteiger partial charge in [0.25, 0.3) is 0 Å². The molecule has 0 aliphatic carbocycles. The Morgan fingerprint density at radius 2 is 1.74 bits per heavy atom. The molecular formula is C16H14O3. The minimum atomic E-state index is -0.408. The largest absolute Gasteiger partial charge is 0.497 e. The second kappa shape index (κ2) is 6.40. The zero-order valence-electron chi connectivity index (χ0n) is 10.6. The zero-order chi connectivity index (χ0) is 13.5. The third kappa shape index (κ3) is 4.00. The Balaban J connectivity index is 2.00. The van der Waals surface area contributed by atoms with Crippen LogP contribution in [0.1, 0.15) is 5.56 Å². The van der Waals surface area contributed by atoms with Crippen molar-refractivity contribution in [3.05, 3.63) is 66.2 Å². The van der Waals surface area contributed by atoms with Gasteiger partial charge in [0.15, 0.2) is 0 Å². The number of carbonyl (C=O) groups excluding carboxylic acids is 1. The Morgan fingerprint density at radius 3 is 2.47 bits per heavy atom. The summed E-state index contributed by atoms with van der Waals surface area (Å²) in [7, 11) is 1.60. The highest BCUT2D eigenvalue weighted by molar-refractivity contribution is 5.88. The molecule has 0 amide bonds. The standard InChI is InChI=1S/C16H14O3/c1-18-15-9-5-6-13(12-15)10-11-16(17)19-14-7-3-2-4-8-14/h2-12H,1H3. The van der Waals surface area contributed by atoms with Gasteiger partial charge < -0.3 is 9.47 Å². The summed E-state index contributed by atoms with van der Waals surface area (Å²) in [5.41, 5.74) is 0.879. The second-order valence-electron chi connectivity index (χ2n) is 3.84. The summed E-state index contributed by atoms with van der Waals surface area (Å²) in [4.78, 5) is 11.6. The van der Waals surface area contributed by atoms with Crippen LogP contribution in [0.4, 0.5) is 0 Å². The fraction of sp³-hybridized carbons (Fsp3) is 0.0625. The van der Waals surface area contributed by atoms with Crippen LogP contribution in [0, 0.1) is 0 Å². The molecule has 96 valence electrons. The fourth-order valence-corrected chi connectivity index (χ4v) is 1.55. The Morgan fingerprint density at radius 1 is 1.00 bits per heavy atom. The molecule has 0 radical (unpaired) electrons. The summed E-state index contributed by atoms with van der Waals surface area (Å²) in [6, 6.07) is 16.4. The van der Waals surface area contributed by atoms with Crippen LogP contribution in [0.15, 0.2) is 60.7 Å². The van der Waals surface area contributed by atoms with Gasteiger partial charge in [-0.1, -0.05) is 30.3 Å². The highest BCUT2D eigenvalue weighted by atomic mass is 16.5. The van der Waals surface area contributed by atoms with E-state index in [2.05, 4.69) is 0 Å². The number of esters is 1. The number of para-hydroxylation sites is 1. The van der Waals surface area contributed by atoms with E-state index in [1.165, 1.54) is 6.08 Å². The Kier molecular flexibility index (Phi) is 4.34. The van der Waals surface area contributed by atoms with Crippen LogP contribution in [-0.4, -0.2) is 13.1 Å². The van der Waals surface area contributed by atoms with E-state index in [4.69, 9.17) is 9.47 Å². The molecule has 0 unspecified atom stereocenters. The predicted octanol–water partition coefficient (Wildman–Crippen LogP) is 3.31. The molecule has 19 heavy (non-hydrogen) atoms. The first-order valence-corrected chi connectivity index (χ1v) is 5.87. The van der Waals surface area contributed by atoms with E-state index in [-0.39, 0.29) is 0 Å². The second-order valence-corrected chi connectivity index (χ2v) is 3.84. The molecule has 3 nitrogen and oxygen atoms in total. The average molecular weight is 254 g/mol. The van der Waals surface area contributed by atoms with E-state index in [9.17, 15) is 4.79 Å². The fourth-order valence-electron chi connectivity index (χ4n) is 1.55. The molecule has 0 aromatic heterocycles. The third-order valence-corrected chi connectivity index (χ3v) is 2.47. The molecule has 0 atom stereocenters. The van der Waals surface area contributed by atoms with Gasteiger partial charge in [0.1, 0.15) is 11.5 Å².